The predicted molar refractivity (Wildman–Crippen MR) is 44.1 cm³/mol. The fraction of sp³-hybridized carbons (Fsp3) is 1.00. The van der Waals surface area contributed by atoms with Crippen LogP contribution in [0.1, 0.15) is 39.0 Å². The normalized spacial score (nSPS) is 23.8. The third kappa shape index (κ3) is 3.08. The largest absolute Gasteiger partial charge is 0.397 e. The third-order valence-corrected chi connectivity index (χ3v) is 2.83. The molecule has 12 heavy (non-hydrogen) atoms. The van der Waals surface area contributed by atoms with Crippen LogP contribution in [-0.2, 0) is 14.6 Å². The molecule has 0 saturated heterocycles. The maximum atomic E-state index is 10.4. The summed E-state index contributed by atoms with van der Waals surface area (Å²) in [6, 6.07) is 0. The van der Waals surface area contributed by atoms with Gasteiger partial charge in [0.25, 0.3) is 0 Å². The average molecular weight is 194 g/mol. The molecule has 0 aromatic heterocycles. The summed E-state index contributed by atoms with van der Waals surface area (Å²) in [5, 5.41) is 0. The van der Waals surface area contributed by atoms with E-state index in [-0.39, 0.29) is 0 Å². The zero-order valence-electron chi connectivity index (χ0n) is 7.12. The molecule has 72 valence electrons. The molecule has 0 atom stereocenters. The summed E-state index contributed by atoms with van der Waals surface area (Å²) in [5.74, 6) is 0. The van der Waals surface area contributed by atoms with Crippen LogP contribution in [-0.4, -0.2) is 18.6 Å². The quantitative estimate of drug-likeness (QED) is 0.677. The predicted octanol–water partition coefficient (Wildman–Crippen LogP) is 1.53. The summed E-state index contributed by atoms with van der Waals surface area (Å²) in [4.78, 5) is 0. The summed E-state index contributed by atoms with van der Waals surface area (Å²) >= 11 is 0. The molecule has 0 heterocycles. The Kier molecular flexibility index (Phi) is 2.75. The zero-order valence-corrected chi connectivity index (χ0v) is 7.93. The Hall–Kier alpha value is -0.130. The van der Waals surface area contributed by atoms with E-state index in [1.54, 1.807) is 6.92 Å². The number of hydrogen-bond acceptors (Lipinski definition) is 3. The molecule has 1 aliphatic carbocycles. The van der Waals surface area contributed by atoms with Gasteiger partial charge in [0.1, 0.15) is 0 Å². The maximum Gasteiger partial charge on any atom is 0.397 e. The highest BCUT2D eigenvalue weighted by Crippen LogP contribution is 2.31. The van der Waals surface area contributed by atoms with Gasteiger partial charge in [-0.05, 0) is 19.8 Å². The minimum atomic E-state index is -4.28. The summed E-state index contributed by atoms with van der Waals surface area (Å²) in [6.45, 7) is 1.72. The van der Waals surface area contributed by atoms with Gasteiger partial charge >= 0.3 is 10.4 Å². The van der Waals surface area contributed by atoms with E-state index in [1.807, 2.05) is 0 Å². The van der Waals surface area contributed by atoms with Crippen LogP contribution < -0.4 is 0 Å². The SMILES string of the molecule is CC1(OS(=O)(=O)O)CCCCC1. The Morgan fingerprint density at radius 1 is 1.25 bits per heavy atom. The highest BCUT2D eigenvalue weighted by atomic mass is 32.3. The molecule has 1 fully saturated rings. The maximum absolute atomic E-state index is 10.4. The van der Waals surface area contributed by atoms with Gasteiger partial charge in [-0.2, -0.15) is 8.42 Å². The van der Waals surface area contributed by atoms with Crippen molar-refractivity contribution in [1.82, 2.24) is 0 Å². The molecular weight excluding hydrogens is 180 g/mol. The number of hydrogen-bond donors (Lipinski definition) is 1. The average Bonchev–Trinajstić information content (AvgIpc) is 1.83. The Morgan fingerprint density at radius 2 is 1.75 bits per heavy atom. The molecule has 0 aliphatic heterocycles. The first-order valence-electron chi connectivity index (χ1n) is 4.09. The van der Waals surface area contributed by atoms with E-state index in [2.05, 4.69) is 4.18 Å². The second kappa shape index (κ2) is 3.32. The summed E-state index contributed by atoms with van der Waals surface area (Å²) in [5.41, 5.74) is -0.675. The smallest absolute Gasteiger partial charge is 0.264 e. The Bertz CT molecular complexity index is 238. The summed E-state index contributed by atoms with van der Waals surface area (Å²) in [7, 11) is -4.28. The molecule has 0 aromatic carbocycles. The van der Waals surface area contributed by atoms with Gasteiger partial charge in [-0.25, -0.2) is 4.18 Å². The van der Waals surface area contributed by atoms with E-state index in [0.717, 1.165) is 19.3 Å². The molecule has 0 radical (unpaired) electrons. The van der Waals surface area contributed by atoms with E-state index >= 15 is 0 Å². The fourth-order valence-electron chi connectivity index (χ4n) is 1.64. The van der Waals surface area contributed by atoms with E-state index < -0.39 is 16.0 Å². The molecule has 4 nitrogen and oxygen atoms in total. The van der Waals surface area contributed by atoms with E-state index in [1.165, 1.54) is 0 Å². The van der Waals surface area contributed by atoms with Gasteiger partial charge in [0, 0.05) is 0 Å². The minimum absolute atomic E-state index is 0.675. The van der Waals surface area contributed by atoms with Crippen molar-refractivity contribution in [3.05, 3.63) is 0 Å². The van der Waals surface area contributed by atoms with E-state index in [0.29, 0.717) is 12.8 Å². The van der Waals surface area contributed by atoms with E-state index in [4.69, 9.17) is 4.55 Å². The molecule has 0 amide bonds. The lowest BCUT2D eigenvalue weighted by Gasteiger charge is -2.31. The highest BCUT2D eigenvalue weighted by Gasteiger charge is 2.32. The van der Waals surface area contributed by atoms with Crippen molar-refractivity contribution in [2.45, 2.75) is 44.6 Å². The zero-order chi connectivity index (χ0) is 9.24. The highest BCUT2D eigenvalue weighted by molar-refractivity contribution is 7.80. The van der Waals surface area contributed by atoms with Gasteiger partial charge in [0.05, 0.1) is 5.60 Å². The van der Waals surface area contributed by atoms with Crippen LogP contribution in [0.15, 0.2) is 0 Å². The van der Waals surface area contributed by atoms with Gasteiger partial charge in [0.2, 0.25) is 0 Å². The molecule has 0 unspecified atom stereocenters. The molecule has 1 N–H and O–H groups in total. The molecular formula is C7H14O4S. The number of rotatable bonds is 2. The van der Waals surface area contributed by atoms with Crippen LogP contribution in [0.3, 0.4) is 0 Å². The fourth-order valence-corrected chi connectivity index (χ4v) is 2.31. The van der Waals surface area contributed by atoms with Gasteiger partial charge in [-0.15, -0.1) is 0 Å². The second-order valence-corrected chi connectivity index (χ2v) is 4.54. The third-order valence-electron chi connectivity index (χ3n) is 2.22. The van der Waals surface area contributed by atoms with E-state index in [9.17, 15) is 8.42 Å². The monoisotopic (exact) mass is 194 g/mol. The van der Waals surface area contributed by atoms with Gasteiger partial charge in [0.15, 0.2) is 0 Å². The molecule has 0 aromatic rings. The van der Waals surface area contributed by atoms with Crippen LogP contribution in [0.5, 0.6) is 0 Å². The lowest BCUT2D eigenvalue weighted by molar-refractivity contribution is 0.0435. The van der Waals surface area contributed by atoms with Gasteiger partial charge in [-0.1, -0.05) is 19.3 Å². The Balaban J connectivity index is 2.59. The Labute approximate surface area is 72.9 Å². The lowest BCUT2D eigenvalue weighted by atomic mass is 9.87. The molecule has 0 spiro atoms. The van der Waals surface area contributed by atoms with Crippen LogP contribution in [0.4, 0.5) is 0 Å². The topological polar surface area (TPSA) is 63.6 Å². The lowest BCUT2D eigenvalue weighted by Crippen LogP contribution is -2.33. The van der Waals surface area contributed by atoms with Crippen molar-refractivity contribution in [1.29, 1.82) is 0 Å². The first-order chi connectivity index (χ1) is 5.41. The van der Waals surface area contributed by atoms with Crippen LogP contribution >= 0.6 is 0 Å². The van der Waals surface area contributed by atoms with Crippen LogP contribution in [0.2, 0.25) is 0 Å². The summed E-state index contributed by atoms with van der Waals surface area (Å²) < 4.78 is 34.0. The first kappa shape index (κ1) is 9.95. The van der Waals surface area contributed by atoms with Gasteiger partial charge < -0.3 is 0 Å². The molecule has 1 aliphatic rings. The Morgan fingerprint density at radius 3 is 2.17 bits per heavy atom. The molecule has 5 heteroatoms. The minimum Gasteiger partial charge on any atom is -0.264 e. The van der Waals surface area contributed by atoms with Crippen molar-refractivity contribution in [3.8, 4) is 0 Å². The van der Waals surface area contributed by atoms with Crippen molar-refractivity contribution in [3.63, 3.8) is 0 Å². The summed E-state index contributed by atoms with van der Waals surface area (Å²) in [6.07, 6.45) is 4.45. The molecule has 0 bridgehead atoms. The second-order valence-electron chi connectivity index (χ2n) is 3.52. The first-order valence-corrected chi connectivity index (χ1v) is 5.46. The molecule has 1 saturated carbocycles. The molecule has 1 rings (SSSR count). The van der Waals surface area contributed by atoms with Gasteiger partial charge in [-0.3, -0.25) is 4.55 Å². The standard InChI is InChI=1S/C7H14O4S/c1-7(11-12(8,9)10)5-3-2-4-6-7/h2-6H2,1H3,(H,8,9,10). The van der Waals surface area contributed by atoms with Crippen molar-refractivity contribution >= 4 is 10.4 Å². The van der Waals surface area contributed by atoms with Crippen LogP contribution in [0.25, 0.3) is 0 Å². The van der Waals surface area contributed by atoms with Crippen LogP contribution in [0, 0.1) is 0 Å². The van der Waals surface area contributed by atoms with Crippen molar-refractivity contribution < 1.29 is 17.2 Å². The van der Waals surface area contributed by atoms with Crippen molar-refractivity contribution in [2.24, 2.45) is 0 Å². The van der Waals surface area contributed by atoms with Crippen molar-refractivity contribution in [2.75, 3.05) is 0 Å².